The van der Waals surface area contributed by atoms with Crippen molar-refractivity contribution < 1.29 is 9.53 Å². The average Bonchev–Trinajstić information content (AvgIpc) is 2.40. The monoisotopic (exact) mass is 257 g/mol. The number of ether oxygens (including phenoxy) is 1. The second-order valence-corrected chi connectivity index (χ2v) is 4.83. The van der Waals surface area contributed by atoms with Crippen LogP contribution < -0.4 is 11.1 Å². The number of rotatable bonds is 8. The Bertz CT molecular complexity index is 228. The predicted octanol–water partition coefficient (Wildman–Crippen LogP) is 0.342. The highest BCUT2D eigenvalue weighted by atomic mass is 16.5. The highest BCUT2D eigenvalue weighted by Crippen LogP contribution is 2.14. The van der Waals surface area contributed by atoms with Crippen molar-refractivity contribution in [2.45, 2.75) is 38.2 Å². The molecule has 0 aromatic carbocycles. The molecular weight excluding hydrogens is 230 g/mol. The Hall–Kier alpha value is -0.650. The van der Waals surface area contributed by atoms with Crippen LogP contribution in [0.4, 0.5) is 0 Å². The van der Waals surface area contributed by atoms with E-state index < -0.39 is 0 Å². The summed E-state index contributed by atoms with van der Waals surface area (Å²) in [5, 5.41) is 2.65. The van der Waals surface area contributed by atoms with Crippen LogP contribution in [0.1, 0.15) is 32.1 Å². The Labute approximate surface area is 110 Å². The first kappa shape index (κ1) is 15.4. The van der Waals surface area contributed by atoms with Gasteiger partial charge in [0.1, 0.15) is 0 Å². The van der Waals surface area contributed by atoms with Crippen molar-refractivity contribution in [1.29, 1.82) is 0 Å². The van der Waals surface area contributed by atoms with Crippen molar-refractivity contribution in [2.75, 3.05) is 39.8 Å². The van der Waals surface area contributed by atoms with E-state index in [2.05, 4.69) is 10.2 Å². The zero-order valence-corrected chi connectivity index (χ0v) is 11.5. The van der Waals surface area contributed by atoms with E-state index in [0.29, 0.717) is 19.1 Å². The summed E-state index contributed by atoms with van der Waals surface area (Å²) in [7, 11) is 1.69. The molecule has 1 fully saturated rings. The highest BCUT2D eigenvalue weighted by molar-refractivity contribution is 5.75. The molecule has 0 aliphatic carbocycles. The van der Waals surface area contributed by atoms with Gasteiger partial charge in [0.25, 0.3) is 0 Å². The molecule has 0 saturated carbocycles. The molecule has 1 saturated heterocycles. The zero-order chi connectivity index (χ0) is 13.2. The van der Waals surface area contributed by atoms with Crippen LogP contribution in [0.25, 0.3) is 0 Å². The van der Waals surface area contributed by atoms with Crippen LogP contribution in [0.5, 0.6) is 0 Å². The Morgan fingerprint density at radius 3 is 2.72 bits per heavy atom. The molecule has 0 aromatic heterocycles. The topological polar surface area (TPSA) is 67.6 Å². The van der Waals surface area contributed by atoms with E-state index in [0.717, 1.165) is 51.9 Å². The van der Waals surface area contributed by atoms with Gasteiger partial charge in [0.2, 0.25) is 5.91 Å². The first-order valence-electron chi connectivity index (χ1n) is 7.01. The quantitative estimate of drug-likeness (QED) is 0.615. The number of likely N-dealkylation sites (tertiary alicyclic amines) is 1. The molecule has 0 radical (unpaired) electrons. The minimum atomic E-state index is 0.134. The van der Waals surface area contributed by atoms with Gasteiger partial charge in [-0.2, -0.15) is 0 Å². The Kier molecular flexibility index (Phi) is 7.96. The second-order valence-electron chi connectivity index (χ2n) is 4.83. The van der Waals surface area contributed by atoms with Crippen LogP contribution in [-0.2, 0) is 9.53 Å². The van der Waals surface area contributed by atoms with E-state index >= 15 is 0 Å². The molecule has 0 aromatic rings. The van der Waals surface area contributed by atoms with E-state index in [1.54, 1.807) is 7.05 Å². The van der Waals surface area contributed by atoms with Gasteiger partial charge in [-0.15, -0.1) is 0 Å². The lowest BCUT2D eigenvalue weighted by molar-refractivity contribution is -0.120. The first-order chi connectivity index (χ1) is 8.76. The Morgan fingerprint density at radius 2 is 2.11 bits per heavy atom. The molecule has 5 heteroatoms. The fraction of sp³-hybridized carbons (Fsp3) is 0.923. The maximum absolute atomic E-state index is 11.1. The fourth-order valence-electron chi connectivity index (χ4n) is 2.22. The summed E-state index contributed by atoms with van der Waals surface area (Å²) < 4.78 is 5.76. The van der Waals surface area contributed by atoms with E-state index in [1.165, 1.54) is 0 Å². The lowest BCUT2D eigenvalue weighted by Gasteiger charge is -2.31. The molecule has 0 spiro atoms. The predicted molar refractivity (Wildman–Crippen MR) is 72.4 cm³/mol. The molecule has 18 heavy (non-hydrogen) atoms. The summed E-state index contributed by atoms with van der Waals surface area (Å²) in [6, 6.07) is 0. The largest absolute Gasteiger partial charge is 0.378 e. The van der Waals surface area contributed by atoms with Crippen molar-refractivity contribution in [3.8, 4) is 0 Å². The lowest BCUT2D eigenvalue weighted by Crippen LogP contribution is -2.38. The third kappa shape index (κ3) is 6.33. The summed E-state index contributed by atoms with van der Waals surface area (Å²) >= 11 is 0. The van der Waals surface area contributed by atoms with Crippen LogP contribution in [0.2, 0.25) is 0 Å². The summed E-state index contributed by atoms with van der Waals surface area (Å²) in [6.07, 6.45) is 5.13. The molecule has 1 aliphatic heterocycles. The Morgan fingerprint density at radius 1 is 1.39 bits per heavy atom. The van der Waals surface area contributed by atoms with Gasteiger partial charge in [0.15, 0.2) is 0 Å². The summed E-state index contributed by atoms with van der Waals surface area (Å²) in [6.45, 7) is 4.68. The number of carbonyl (C=O) groups excluding carboxylic acids is 1. The van der Waals surface area contributed by atoms with Gasteiger partial charge in [0.05, 0.1) is 6.10 Å². The molecule has 0 atom stereocenters. The lowest BCUT2D eigenvalue weighted by atomic mass is 10.1. The van der Waals surface area contributed by atoms with Crippen LogP contribution in [-0.4, -0.2) is 56.7 Å². The minimum absolute atomic E-state index is 0.134. The first-order valence-corrected chi connectivity index (χ1v) is 7.01. The third-order valence-electron chi connectivity index (χ3n) is 3.39. The molecular formula is C13H27N3O2. The third-order valence-corrected chi connectivity index (χ3v) is 3.39. The number of nitrogens with two attached hydrogens (primary N) is 1. The number of amides is 1. The second kappa shape index (κ2) is 9.30. The molecule has 1 aliphatic rings. The van der Waals surface area contributed by atoms with E-state index in [4.69, 9.17) is 10.5 Å². The fourth-order valence-corrected chi connectivity index (χ4v) is 2.22. The average molecular weight is 257 g/mol. The van der Waals surface area contributed by atoms with E-state index in [9.17, 15) is 4.79 Å². The van der Waals surface area contributed by atoms with E-state index in [1.807, 2.05) is 0 Å². The number of carbonyl (C=O) groups is 1. The molecule has 0 bridgehead atoms. The van der Waals surface area contributed by atoms with Crippen molar-refractivity contribution in [3.05, 3.63) is 0 Å². The number of hydrogen-bond donors (Lipinski definition) is 2. The normalized spacial score (nSPS) is 17.9. The van der Waals surface area contributed by atoms with Crippen LogP contribution in [0.3, 0.4) is 0 Å². The van der Waals surface area contributed by atoms with Gasteiger partial charge in [0, 0.05) is 33.2 Å². The van der Waals surface area contributed by atoms with Gasteiger partial charge >= 0.3 is 0 Å². The zero-order valence-electron chi connectivity index (χ0n) is 11.5. The molecule has 3 N–H and O–H groups in total. The molecule has 106 valence electrons. The maximum Gasteiger partial charge on any atom is 0.219 e. The van der Waals surface area contributed by atoms with Crippen LogP contribution in [0.15, 0.2) is 0 Å². The van der Waals surface area contributed by atoms with Crippen LogP contribution >= 0.6 is 0 Å². The van der Waals surface area contributed by atoms with Gasteiger partial charge in [-0.25, -0.2) is 0 Å². The van der Waals surface area contributed by atoms with Gasteiger partial charge in [-0.3, -0.25) is 4.79 Å². The molecule has 5 nitrogen and oxygen atoms in total. The molecule has 1 amide bonds. The number of hydrogen-bond acceptors (Lipinski definition) is 4. The SMILES string of the molecule is CNC(=O)CCCN1CCC(OCCCN)CC1. The molecule has 0 unspecified atom stereocenters. The van der Waals surface area contributed by atoms with Crippen molar-refractivity contribution in [2.24, 2.45) is 5.73 Å². The van der Waals surface area contributed by atoms with Crippen molar-refractivity contribution in [1.82, 2.24) is 10.2 Å². The summed E-state index contributed by atoms with van der Waals surface area (Å²) in [5.74, 6) is 0.134. The number of nitrogens with zero attached hydrogens (tertiary/aromatic N) is 1. The summed E-state index contributed by atoms with van der Waals surface area (Å²) in [5.41, 5.74) is 5.44. The molecule has 1 rings (SSSR count). The Balaban J connectivity index is 2.02. The van der Waals surface area contributed by atoms with Gasteiger partial charge in [-0.05, 0) is 38.8 Å². The van der Waals surface area contributed by atoms with Gasteiger partial charge in [-0.1, -0.05) is 0 Å². The standard InChI is InChI=1S/C13H27N3O2/c1-15-13(17)4-2-8-16-9-5-12(6-10-16)18-11-3-7-14/h12H,2-11,14H2,1H3,(H,15,17). The number of piperidine rings is 1. The van der Waals surface area contributed by atoms with E-state index in [-0.39, 0.29) is 5.91 Å². The van der Waals surface area contributed by atoms with Gasteiger partial charge < -0.3 is 20.7 Å². The minimum Gasteiger partial charge on any atom is -0.378 e. The summed E-state index contributed by atoms with van der Waals surface area (Å²) in [4.78, 5) is 13.5. The van der Waals surface area contributed by atoms with Crippen LogP contribution in [0, 0.1) is 0 Å². The van der Waals surface area contributed by atoms with Crippen molar-refractivity contribution in [3.63, 3.8) is 0 Å². The number of nitrogens with one attached hydrogen (secondary N) is 1. The van der Waals surface area contributed by atoms with Crippen molar-refractivity contribution >= 4 is 5.91 Å². The highest BCUT2D eigenvalue weighted by Gasteiger charge is 2.19. The molecule has 1 heterocycles. The maximum atomic E-state index is 11.1. The smallest absolute Gasteiger partial charge is 0.219 e.